The molecule has 0 aliphatic heterocycles. The lowest BCUT2D eigenvalue weighted by molar-refractivity contribution is -0.158. The maximum Gasteiger partial charge on any atom is 0.407 e. The molecule has 0 bridgehead atoms. The number of aliphatic hydroxyl groups is 2. The largest absolute Gasteiger partial charge is 0.460 e. The van der Waals surface area contributed by atoms with Gasteiger partial charge >= 0.3 is 12.1 Å². The second kappa shape index (κ2) is 8.85. The van der Waals surface area contributed by atoms with Crippen LogP contribution in [-0.2, 0) is 14.3 Å². The second-order valence-corrected chi connectivity index (χ2v) is 8.28. The fraction of sp³-hybridized carbons (Fsp3) is 0.391. The van der Waals surface area contributed by atoms with Crippen LogP contribution < -0.4 is 5.32 Å². The van der Waals surface area contributed by atoms with Crippen molar-refractivity contribution >= 4 is 12.1 Å². The number of rotatable bonds is 6. The third-order valence-electron chi connectivity index (χ3n) is 4.81. The predicted octanol–water partition coefficient (Wildman–Crippen LogP) is 2.94. The molecule has 30 heavy (non-hydrogen) atoms. The predicted molar refractivity (Wildman–Crippen MR) is 111 cm³/mol. The second-order valence-electron chi connectivity index (χ2n) is 8.28. The Morgan fingerprint density at radius 3 is 2.03 bits per heavy atom. The first-order valence-corrected chi connectivity index (χ1v) is 9.85. The highest BCUT2D eigenvalue weighted by atomic mass is 16.6. The normalized spacial score (nSPS) is 14.1. The molecule has 0 spiro atoms. The Balaban J connectivity index is 1.63. The molecule has 2 aromatic carbocycles. The molecule has 160 valence electrons. The molecule has 7 nitrogen and oxygen atoms in total. The average Bonchev–Trinajstić information content (AvgIpc) is 2.98. The summed E-state index contributed by atoms with van der Waals surface area (Å²) in [6.07, 6.45) is -3.16. The monoisotopic (exact) mass is 413 g/mol. The molecule has 3 N–H and O–H groups in total. The van der Waals surface area contributed by atoms with Crippen molar-refractivity contribution in [2.75, 3.05) is 6.61 Å². The molecule has 0 fully saturated rings. The van der Waals surface area contributed by atoms with Crippen LogP contribution in [0.3, 0.4) is 0 Å². The van der Waals surface area contributed by atoms with Crippen molar-refractivity contribution in [2.24, 2.45) is 0 Å². The van der Waals surface area contributed by atoms with Crippen LogP contribution >= 0.6 is 0 Å². The van der Waals surface area contributed by atoms with E-state index in [1.54, 1.807) is 20.8 Å². The maximum absolute atomic E-state index is 12.3. The zero-order chi connectivity index (χ0) is 21.9. The van der Waals surface area contributed by atoms with Gasteiger partial charge in [-0.05, 0) is 43.0 Å². The van der Waals surface area contributed by atoms with E-state index in [0.29, 0.717) is 0 Å². The number of fused-ring (bicyclic) bond motifs is 3. The Labute approximate surface area is 175 Å². The van der Waals surface area contributed by atoms with Crippen molar-refractivity contribution in [3.05, 3.63) is 59.7 Å². The molecule has 0 saturated heterocycles. The van der Waals surface area contributed by atoms with Crippen LogP contribution in [0, 0.1) is 0 Å². The molecular weight excluding hydrogens is 386 g/mol. The first-order valence-electron chi connectivity index (χ1n) is 9.85. The molecule has 2 aromatic rings. The summed E-state index contributed by atoms with van der Waals surface area (Å²) < 4.78 is 10.5. The summed E-state index contributed by atoms with van der Waals surface area (Å²) in [4.78, 5) is 24.3. The van der Waals surface area contributed by atoms with Gasteiger partial charge in [0.2, 0.25) is 0 Å². The van der Waals surface area contributed by atoms with Gasteiger partial charge in [0.1, 0.15) is 12.2 Å². The number of amides is 1. The Morgan fingerprint density at radius 2 is 1.53 bits per heavy atom. The molecule has 0 radical (unpaired) electrons. The van der Waals surface area contributed by atoms with E-state index in [4.69, 9.17) is 9.47 Å². The number of carbonyl (C=O) groups is 2. The van der Waals surface area contributed by atoms with Crippen molar-refractivity contribution in [2.45, 2.75) is 51.0 Å². The Hall–Kier alpha value is -2.90. The molecule has 0 saturated carbocycles. The number of hydrogen-bond donors (Lipinski definition) is 3. The van der Waals surface area contributed by atoms with Crippen molar-refractivity contribution in [3.63, 3.8) is 0 Å². The van der Waals surface area contributed by atoms with E-state index >= 15 is 0 Å². The molecule has 1 unspecified atom stereocenters. The molecule has 1 aliphatic carbocycles. The lowest BCUT2D eigenvalue weighted by Gasteiger charge is -2.24. The van der Waals surface area contributed by atoms with Gasteiger partial charge in [-0.2, -0.15) is 0 Å². The van der Waals surface area contributed by atoms with Crippen molar-refractivity contribution in [1.82, 2.24) is 5.32 Å². The number of carbonyl (C=O) groups excluding carboxylic acids is 2. The standard InChI is InChI=1S/C23H27NO6/c1-23(2,3)30-20(25)12-19(21(26)27)24-22(28)29-13-18-16-10-6-4-8-14(16)15-9-5-7-11-17(15)18/h4-11,18-19,21,26-27H,12-13H2,1-3H3,(H,24,28). The minimum Gasteiger partial charge on any atom is -0.460 e. The first kappa shape index (κ1) is 21.8. The van der Waals surface area contributed by atoms with E-state index in [2.05, 4.69) is 5.32 Å². The highest BCUT2D eigenvalue weighted by Crippen LogP contribution is 2.44. The summed E-state index contributed by atoms with van der Waals surface area (Å²) >= 11 is 0. The minimum absolute atomic E-state index is 0.0839. The van der Waals surface area contributed by atoms with Gasteiger partial charge in [-0.15, -0.1) is 0 Å². The molecule has 1 atom stereocenters. The summed E-state index contributed by atoms with van der Waals surface area (Å²) in [5.74, 6) is -0.772. The summed E-state index contributed by atoms with van der Waals surface area (Å²) in [6.45, 7) is 5.19. The van der Waals surface area contributed by atoms with Gasteiger partial charge in [0.15, 0.2) is 6.29 Å². The van der Waals surface area contributed by atoms with Gasteiger partial charge in [-0.1, -0.05) is 48.5 Å². The van der Waals surface area contributed by atoms with E-state index in [0.717, 1.165) is 22.3 Å². The van der Waals surface area contributed by atoms with E-state index < -0.39 is 30.0 Å². The third kappa shape index (κ3) is 5.17. The molecule has 0 aromatic heterocycles. The quantitative estimate of drug-likeness (QED) is 0.497. The molecule has 0 heterocycles. The zero-order valence-corrected chi connectivity index (χ0v) is 17.3. The lowest BCUT2D eigenvalue weighted by atomic mass is 9.98. The van der Waals surface area contributed by atoms with E-state index in [9.17, 15) is 19.8 Å². The smallest absolute Gasteiger partial charge is 0.407 e. The van der Waals surface area contributed by atoms with Crippen molar-refractivity contribution in [1.29, 1.82) is 0 Å². The summed E-state index contributed by atoms with van der Waals surface area (Å²) in [7, 11) is 0. The van der Waals surface area contributed by atoms with Gasteiger partial charge in [-0.3, -0.25) is 4.79 Å². The fourth-order valence-electron chi connectivity index (χ4n) is 3.59. The van der Waals surface area contributed by atoms with Gasteiger partial charge < -0.3 is 25.0 Å². The SMILES string of the molecule is CC(C)(C)OC(=O)CC(NC(=O)OCC1c2ccccc2-c2ccccc21)C(O)O. The number of alkyl carbamates (subject to hydrolysis) is 1. The Bertz CT molecular complexity index is 872. The lowest BCUT2D eigenvalue weighted by Crippen LogP contribution is -2.45. The van der Waals surface area contributed by atoms with Crippen LogP contribution in [0.15, 0.2) is 48.5 Å². The number of ether oxygens (including phenoxy) is 2. The summed E-state index contributed by atoms with van der Waals surface area (Å²) in [6, 6.07) is 14.7. The average molecular weight is 413 g/mol. The zero-order valence-electron chi connectivity index (χ0n) is 17.3. The van der Waals surface area contributed by atoms with Gasteiger partial charge in [0, 0.05) is 5.92 Å². The van der Waals surface area contributed by atoms with E-state index in [1.807, 2.05) is 48.5 Å². The van der Waals surface area contributed by atoms with Gasteiger partial charge in [0.25, 0.3) is 0 Å². The van der Waals surface area contributed by atoms with Crippen LogP contribution in [0.25, 0.3) is 11.1 Å². The van der Waals surface area contributed by atoms with E-state index in [1.165, 1.54) is 0 Å². The topological polar surface area (TPSA) is 105 Å². The van der Waals surface area contributed by atoms with Gasteiger partial charge in [-0.25, -0.2) is 4.79 Å². The van der Waals surface area contributed by atoms with Crippen LogP contribution in [0.5, 0.6) is 0 Å². The van der Waals surface area contributed by atoms with Gasteiger partial charge in [0.05, 0.1) is 12.5 Å². The number of benzene rings is 2. The number of esters is 1. The summed E-state index contributed by atoms with van der Waals surface area (Å²) in [5.41, 5.74) is 3.63. The fourth-order valence-corrected chi connectivity index (χ4v) is 3.59. The van der Waals surface area contributed by atoms with E-state index in [-0.39, 0.29) is 18.9 Å². The Morgan fingerprint density at radius 1 is 1.00 bits per heavy atom. The van der Waals surface area contributed by atoms with Crippen molar-refractivity contribution < 1.29 is 29.3 Å². The molecule has 1 aliphatic rings. The molecular formula is C23H27NO6. The summed E-state index contributed by atoms with van der Waals surface area (Å²) in [5, 5.41) is 21.4. The number of aliphatic hydroxyl groups excluding tert-OH is 1. The van der Waals surface area contributed by atoms with Crippen LogP contribution in [0.4, 0.5) is 4.79 Å². The number of hydrogen-bond acceptors (Lipinski definition) is 6. The minimum atomic E-state index is -1.93. The molecule has 1 amide bonds. The maximum atomic E-state index is 12.3. The molecule has 7 heteroatoms. The Kier molecular flexibility index (Phi) is 6.43. The van der Waals surface area contributed by atoms with Crippen LogP contribution in [0.1, 0.15) is 44.2 Å². The highest BCUT2D eigenvalue weighted by Gasteiger charge is 2.30. The number of nitrogens with one attached hydrogen (secondary N) is 1. The molecule has 3 rings (SSSR count). The highest BCUT2D eigenvalue weighted by molar-refractivity contribution is 5.79. The first-order chi connectivity index (χ1) is 14.2. The van der Waals surface area contributed by atoms with Crippen molar-refractivity contribution in [3.8, 4) is 11.1 Å². The van der Waals surface area contributed by atoms with Crippen LogP contribution in [-0.4, -0.2) is 46.8 Å². The third-order valence-corrected chi connectivity index (χ3v) is 4.81. The van der Waals surface area contributed by atoms with Crippen LogP contribution in [0.2, 0.25) is 0 Å².